The van der Waals surface area contributed by atoms with Gasteiger partial charge in [-0.05, 0) is 33.3 Å². The number of nitrogens with one attached hydrogen (secondary N) is 1. The van der Waals surface area contributed by atoms with Gasteiger partial charge in [0, 0.05) is 30.7 Å². The normalized spacial score (nSPS) is 11.8. The highest BCUT2D eigenvalue weighted by Gasteiger charge is 2.18. The molecule has 0 saturated heterocycles. The summed E-state index contributed by atoms with van der Waals surface area (Å²) in [5.41, 5.74) is -0.0138. The summed E-state index contributed by atoms with van der Waals surface area (Å²) < 4.78 is 2.40. The molecule has 0 aliphatic rings. The van der Waals surface area contributed by atoms with E-state index in [-0.39, 0.29) is 17.2 Å². The predicted molar refractivity (Wildman–Crippen MR) is 95.6 cm³/mol. The lowest BCUT2D eigenvalue weighted by molar-refractivity contribution is -0.119. The van der Waals surface area contributed by atoms with Crippen LogP contribution in [0.2, 0.25) is 0 Å². The summed E-state index contributed by atoms with van der Waals surface area (Å²) in [6, 6.07) is 0. The van der Waals surface area contributed by atoms with Crippen LogP contribution in [0.3, 0.4) is 0 Å². The molecule has 2 aromatic rings. The highest BCUT2D eigenvalue weighted by atomic mass is 32.2. The molecule has 2 heterocycles. The van der Waals surface area contributed by atoms with Crippen molar-refractivity contribution < 1.29 is 4.79 Å². The lowest BCUT2D eigenvalue weighted by atomic mass is 10.1. The Hall–Kier alpha value is -2.09. The van der Waals surface area contributed by atoms with Gasteiger partial charge in [0.25, 0.3) is 5.56 Å². The zero-order valence-corrected chi connectivity index (χ0v) is 15.6. The molecule has 8 heteroatoms. The molecule has 0 aromatic carbocycles. The molecule has 2 aromatic heterocycles. The number of pyridine rings is 1. The number of hydrogen-bond donors (Lipinski definition) is 1. The van der Waals surface area contributed by atoms with Crippen LogP contribution < -0.4 is 16.6 Å². The molecule has 0 saturated carbocycles. The smallest absolute Gasteiger partial charge is 0.332 e. The van der Waals surface area contributed by atoms with Crippen LogP contribution in [0.4, 0.5) is 0 Å². The maximum absolute atomic E-state index is 12.5. The van der Waals surface area contributed by atoms with Gasteiger partial charge in [-0.15, -0.1) is 11.8 Å². The number of rotatable bonds is 3. The average molecular weight is 350 g/mol. The van der Waals surface area contributed by atoms with Gasteiger partial charge < -0.3 is 5.32 Å². The van der Waals surface area contributed by atoms with E-state index in [1.165, 1.54) is 23.4 Å². The summed E-state index contributed by atoms with van der Waals surface area (Å²) in [4.78, 5) is 41.6. The molecule has 0 fully saturated rings. The molecule has 24 heavy (non-hydrogen) atoms. The Balaban J connectivity index is 2.51. The number of nitrogens with zero attached hydrogens (tertiary/aromatic N) is 3. The molecule has 0 aliphatic carbocycles. The zero-order valence-electron chi connectivity index (χ0n) is 14.8. The summed E-state index contributed by atoms with van der Waals surface area (Å²) in [7, 11) is 3.01. The van der Waals surface area contributed by atoms with E-state index < -0.39 is 11.2 Å². The molecule has 7 nitrogen and oxygen atoms in total. The first kappa shape index (κ1) is 18.3. The van der Waals surface area contributed by atoms with E-state index in [1.54, 1.807) is 13.2 Å². The largest absolute Gasteiger partial charge is 0.351 e. The Kier molecular flexibility index (Phi) is 4.89. The summed E-state index contributed by atoms with van der Waals surface area (Å²) in [6.45, 7) is 7.57. The van der Waals surface area contributed by atoms with Crippen molar-refractivity contribution in [3.63, 3.8) is 0 Å². The first-order chi connectivity index (χ1) is 11.0. The van der Waals surface area contributed by atoms with Gasteiger partial charge in [-0.2, -0.15) is 0 Å². The van der Waals surface area contributed by atoms with Crippen LogP contribution in [-0.2, 0) is 18.9 Å². The maximum atomic E-state index is 12.5. The molecular formula is C16H22N4O3S. The lowest BCUT2D eigenvalue weighted by Crippen LogP contribution is -2.41. The van der Waals surface area contributed by atoms with E-state index in [9.17, 15) is 14.4 Å². The van der Waals surface area contributed by atoms with Crippen molar-refractivity contribution in [2.75, 3.05) is 5.75 Å². The van der Waals surface area contributed by atoms with E-state index in [1.807, 2.05) is 27.7 Å². The molecule has 0 atom stereocenters. The van der Waals surface area contributed by atoms with Crippen LogP contribution in [0.1, 0.15) is 26.3 Å². The van der Waals surface area contributed by atoms with Crippen LogP contribution in [-0.4, -0.2) is 31.3 Å². The molecule has 130 valence electrons. The van der Waals surface area contributed by atoms with Crippen molar-refractivity contribution in [2.24, 2.45) is 14.1 Å². The standard InChI is InChI=1S/C16H22N4O3S/c1-9-7-17-13-11(14(22)20(6)15(23)19(13)5)12(9)24-8-10(21)18-16(2,3)4/h7H,8H2,1-6H3,(H,18,21). The summed E-state index contributed by atoms with van der Waals surface area (Å²) in [5, 5.41) is 3.26. The zero-order chi connectivity index (χ0) is 18.2. The third-order valence-corrected chi connectivity index (χ3v) is 4.68. The van der Waals surface area contributed by atoms with Crippen molar-refractivity contribution in [2.45, 2.75) is 38.1 Å². The van der Waals surface area contributed by atoms with E-state index in [4.69, 9.17) is 0 Å². The van der Waals surface area contributed by atoms with Gasteiger partial charge in [0.1, 0.15) is 5.65 Å². The third-order valence-electron chi connectivity index (χ3n) is 3.46. The molecule has 0 aliphatic heterocycles. The number of aryl methyl sites for hydroxylation is 2. The van der Waals surface area contributed by atoms with Gasteiger partial charge in [-0.1, -0.05) is 0 Å². The fourth-order valence-corrected chi connectivity index (χ4v) is 3.33. The molecular weight excluding hydrogens is 328 g/mol. The van der Waals surface area contributed by atoms with Gasteiger partial charge in [0.05, 0.1) is 11.1 Å². The lowest BCUT2D eigenvalue weighted by Gasteiger charge is -2.20. The minimum absolute atomic E-state index is 0.112. The number of hydrogen-bond acceptors (Lipinski definition) is 5. The van der Waals surface area contributed by atoms with E-state index in [2.05, 4.69) is 10.3 Å². The van der Waals surface area contributed by atoms with Crippen LogP contribution in [0.25, 0.3) is 11.0 Å². The van der Waals surface area contributed by atoms with Crippen molar-refractivity contribution in [1.29, 1.82) is 0 Å². The second-order valence-electron chi connectivity index (χ2n) is 6.76. The number of aromatic nitrogens is 3. The Bertz CT molecular complexity index is 922. The average Bonchev–Trinajstić information content (AvgIpc) is 2.47. The quantitative estimate of drug-likeness (QED) is 0.833. The van der Waals surface area contributed by atoms with Crippen LogP contribution in [0.15, 0.2) is 20.7 Å². The number of carbonyl (C=O) groups is 1. The minimum atomic E-state index is -0.426. The Labute approximate surface area is 144 Å². The van der Waals surface area contributed by atoms with E-state index in [0.717, 1.165) is 10.1 Å². The van der Waals surface area contributed by atoms with E-state index >= 15 is 0 Å². The topological polar surface area (TPSA) is 86.0 Å². The minimum Gasteiger partial charge on any atom is -0.351 e. The monoisotopic (exact) mass is 350 g/mol. The second-order valence-corrected chi connectivity index (χ2v) is 7.75. The summed E-state index contributed by atoms with van der Waals surface area (Å²) in [6.07, 6.45) is 1.62. The predicted octanol–water partition coefficient (Wildman–Crippen LogP) is 0.947. The van der Waals surface area contributed by atoms with Crippen LogP contribution in [0.5, 0.6) is 0 Å². The van der Waals surface area contributed by atoms with E-state index in [0.29, 0.717) is 15.9 Å². The van der Waals surface area contributed by atoms with Crippen LogP contribution in [0, 0.1) is 6.92 Å². The van der Waals surface area contributed by atoms with Gasteiger partial charge in [-0.25, -0.2) is 9.78 Å². The molecule has 2 rings (SSSR count). The molecule has 1 amide bonds. The summed E-state index contributed by atoms with van der Waals surface area (Å²) >= 11 is 1.28. The van der Waals surface area contributed by atoms with Gasteiger partial charge in [0.2, 0.25) is 5.91 Å². The first-order valence-corrected chi connectivity index (χ1v) is 8.50. The van der Waals surface area contributed by atoms with Gasteiger partial charge >= 0.3 is 5.69 Å². The van der Waals surface area contributed by atoms with Crippen molar-refractivity contribution >= 4 is 28.7 Å². The van der Waals surface area contributed by atoms with Crippen molar-refractivity contribution in [1.82, 2.24) is 19.4 Å². The van der Waals surface area contributed by atoms with Gasteiger partial charge in [0.15, 0.2) is 0 Å². The number of fused-ring (bicyclic) bond motifs is 1. The first-order valence-electron chi connectivity index (χ1n) is 7.52. The fourth-order valence-electron chi connectivity index (χ4n) is 2.38. The molecule has 0 unspecified atom stereocenters. The number of amides is 1. The SMILES string of the molecule is Cc1cnc2c(c1SCC(=O)NC(C)(C)C)c(=O)n(C)c(=O)n2C. The highest BCUT2D eigenvalue weighted by molar-refractivity contribution is 8.00. The Morgan fingerprint density at radius 1 is 1.25 bits per heavy atom. The molecule has 0 radical (unpaired) electrons. The maximum Gasteiger partial charge on any atom is 0.332 e. The molecule has 1 N–H and O–H groups in total. The fraction of sp³-hybridized carbons (Fsp3) is 0.500. The Morgan fingerprint density at radius 2 is 1.88 bits per heavy atom. The van der Waals surface area contributed by atoms with Crippen molar-refractivity contribution in [3.05, 3.63) is 32.6 Å². The Morgan fingerprint density at radius 3 is 2.46 bits per heavy atom. The number of carbonyl (C=O) groups excluding carboxylic acids is 1. The number of thioether (sulfide) groups is 1. The van der Waals surface area contributed by atoms with Crippen molar-refractivity contribution in [3.8, 4) is 0 Å². The summed E-state index contributed by atoms with van der Waals surface area (Å²) in [5.74, 6) is 0.0713. The molecule has 0 spiro atoms. The second kappa shape index (κ2) is 6.43. The van der Waals surface area contributed by atoms with Gasteiger partial charge in [-0.3, -0.25) is 18.7 Å². The molecule has 0 bridgehead atoms. The van der Waals surface area contributed by atoms with Crippen LogP contribution >= 0.6 is 11.8 Å². The highest BCUT2D eigenvalue weighted by Crippen LogP contribution is 2.27. The third kappa shape index (κ3) is 3.53.